The first kappa shape index (κ1) is 17.3. The summed E-state index contributed by atoms with van der Waals surface area (Å²) in [6, 6.07) is 7.89. The number of hydrogen-bond donors (Lipinski definition) is 2. The van der Waals surface area contributed by atoms with Crippen molar-refractivity contribution >= 4 is 17.7 Å². The highest BCUT2D eigenvalue weighted by Gasteiger charge is 2.40. The average molecular weight is 332 g/mol. The molecule has 4 nitrogen and oxygen atoms in total. The third kappa shape index (κ3) is 4.02. The van der Waals surface area contributed by atoms with Gasteiger partial charge < -0.3 is 14.9 Å². The van der Waals surface area contributed by atoms with Crippen LogP contribution in [-0.2, 0) is 15.3 Å². The number of terminal acetylenes is 1. The zero-order valence-corrected chi connectivity index (χ0v) is 13.8. The van der Waals surface area contributed by atoms with Crippen LogP contribution in [0.15, 0.2) is 35.8 Å². The van der Waals surface area contributed by atoms with Gasteiger partial charge in [0.05, 0.1) is 0 Å². The fourth-order valence-corrected chi connectivity index (χ4v) is 3.32. The monoisotopic (exact) mass is 332 g/mol. The van der Waals surface area contributed by atoms with Crippen molar-refractivity contribution in [3.63, 3.8) is 0 Å². The second kappa shape index (κ2) is 7.98. The number of carbonyl (C=O) groups is 1. The van der Waals surface area contributed by atoms with E-state index in [9.17, 15) is 15.0 Å². The molecule has 0 aliphatic carbocycles. The number of esters is 1. The summed E-state index contributed by atoms with van der Waals surface area (Å²) in [5, 5.41) is 19.4. The number of cyclic esters (lactones) is 1. The molecule has 0 bridgehead atoms. The van der Waals surface area contributed by atoms with E-state index in [0.29, 0.717) is 6.42 Å². The molecule has 23 heavy (non-hydrogen) atoms. The SMILES string of the molecule is C#CCC(c1ccc(CSCCC)cc1)C1OC(=O)C(O)=C1O. The van der Waals surface area contributed by atoms with Crippen LogP contribution in [0.1, 0.15) is 36.8 Å². The normalized spacial score (nSPS) is 18.6. The fourth-order valence-electron chi connectivity index (χ4n) is 2.46. The van der Waals surface area contributed by atoms with E-state index >= 15 is 0 Å². The molecule has 0 saturated carbocycles. The molecule has 122 valence electrons. The van der Waals surface area contributed by atoms with E-state index in [-0.39, 0.29) is 5.92 Å². The summed E-state index contributed by atoms with van der Waals surface area (Å²) in [7, 11) is 0. The summed E-state index contributed by atoms with van der Waals surface area (Å²) >= 11 is 1.87. The average Bonchev–Trinajstić information content (AvgIpc) is 2.81. The van der Waals surface area contributed by atoms with Gasteiger partial charge in [0, 0.05) is 18.1 Å². The van der Waals surface area contributed by atoms with Gasteiger partial charge in [-0.25, -0.2) is 4.79 Å². The zero-order chi connectivity index (χ0) is 16.8. The lowest BCUT2D eigenvalue weighted by atomic mass is 9.89. The van der Waals surface area contributed by atoms with Crippen molar-refractivity contribution in [2.24, 2.45) is 0 Å². The topological polar surface area (TPSA) is 66.8 Å². The maximum Gasteiger partial charge on any atom is 0.377 e. The van der Waals surface area contributed by atoms with Crippen LogP contribution < -0.4 is 0 Å². The zero-order valence-electron chi connectivity index (χ0n) is 13.0. The van der Waals surface area contributed by atoms with E-state index in [1.165, 1.54) is 5.56 Å². The quantitative estimate of drug-likeness (QED) is 0.453. The molecule has 2 atom stereocenters. The van der Waals surface area contributed by atoms with E-state index in [0.717, 1.165) is 23.5 Å². The number of aliphatic hydroxyl groups is 2. The van der Waals surface area contributed by atoms with Gasteiger partial charge in [0.25, 0.3) is 0 Å². The van der Waals surface area contributed by atoms with Gasteiger partial charge in [0.15, 0.2) is 11.9 Å². The van der Waals surface area contributed by atoms with Gasteiger partial charge in [0.2, 0.25) is 5.76 Å². The minimum atomic E-state index is -0.932. The van der Waals surface area contributed by atoms with Crippen LogP contribution in [0, 0.1) is 12.3 Å². The molecule has 0 saturated heterocycles. The number of carbonyl (C=O) groups excluding carboxylic acids is 1. The summed E-state index contributed by atoms with van der Waals surface area (Å²) in [6.45, 7) is 2.15. The first-order valence-corrected chi connectivity index (χ1v) is 8.67. The number of aliphatic hydroxyl groups excluding tert-OH is 2. The van der Waals surface area contributed by atoms with Gasteiger partial charge in [-0.2, -0.15) is 11.8 Å². The van der Waals surface area contributed by atoms with Crippen molar-refractivity contribution in [2.75, 3.05) is 5.75 Å². The largest absolute Gasteiger partial charge is 0.505 e. The minimum Gasteiger partial charge on any atom is -0.505 e. The lowest BCUT2D eigenvalue weighted by molar-refractivity contribution is -0.143. The Bertz CT molecular complexity index is 627. The third-order valence-corrected chi connectivity index (χ3v) is 4.90. The Labute approximate surface area is 140 Å². The van der Waals surface area contributed by atoms with Crippen molar-refractivity contribution in [1.82, 2.24) is 0 Å². The minimum absolute atomic E-state index is 0.291. The lowest BCUT2D eigenvalue weighted by Crippen LogP contribution is -2.22. The van der Waals surface area contributed by atoms with Crippen molar-refractivity contribution in [1.29, 1.82) is 0 Å². The second-order valence-corrected chi connectivity index (χ2v) is 6.47. The van der Waals surface area contributed by atoms with Gasteiger partial charge in [-0.3, -0.25) is 0 Å². The predicted octanol–water partition coefficient (Wildman–Crippen LogP) is 3.69. The molecule has 1 aromatic carbocycles. The van der Waals surface area contributed by atoms with Gasteiger partial charge in [-0.05, 0) is 23.3 Å². The summed E-state index contributed by atoms with van der Waals surface area (Å²) in [6.07, 6.45) is 5.91. The van der Waals surface area contributed by atoms with E-state index in [2.05, 4.69) is 12.8 Å². The molecule has 2 N–H and O–H groups in total. The summed E-state index contributed by atoms with van der Waals surface area (Å²) in [5.41, 5.74) is 2.07. The van der Waals surface area contributed by atoms with Crippen LogP contribution in [0.2, 0.25) is 0 Å². The van der Waals surface area contributed by atoms with Crippen molar-refractivity contribution < 1.29 is 19.7 Å². The van der Waals surface area contributed by atoms with Crippen molar-refractivity contribution in [3.8, 4) is 12.3 Å². The molecule has 1 aromatic rings. The molecule has 0 amide bonds. The van der Waals surface area contributed by atoms with Crippen LogP contribution in [-0.4, -0.2) is 28.0 Å². The first-order valence-electron chi connectivity index (χ1n) is 7.51. The van der Waals surface area contributed by atoms with Gasteiger partial charge in [-0.1, -0.05) is 31.2 Å². The Morgan fingerprint density at radius 2 is 2.04 bits per heavy atom. The number of benzene rings is 1. The molecule has 0 aromatic heterocycles. The first-order chi connectivity index (χ1) is 11.1. The molecule has 2 unspecified atom stereocenters. The van der Waals surface area contributed by atoms with Crippen LogP contribution in [0.3, 0.4) is 0 Å². The molecule has 5 heteroatoms. The standard InChI is InChI=1S/C18H20O4S/c1-3-5-14(17-15(19)16(20)18(21)22-17)13-8-6-12(7-9-13)11-23-10-4-2/h1,6-9,14,17,19-20H,4-5,10-11H2,2H3. The molecular formula is C18H20O4S. The summed E-state index contributed by atoms with van der Waals surface area (Å²) in [5.74, 6) is 2.13. The molecule has 0 fully saturated rings. The van der Waals surface area contributed by atoms with Crippen LogP contribution in [0.25, 0.3) is 0 Å². The molecule has 2 rings (SSSR count). The fraction of sp³-hybridized carbons (Fsp3) is 0.389. The van der Waals surface area contributed by atoms with E-state index in [1.807, 2.05) is 36.0 Å². The predicted molar refractivity (Wildman–Crippen MR) is 91.2 cm³/mol. The van der Waals surface area contributed by atoms with Crippen LogP contribution in [0.4, 0.5) is 0 Å². The Morgan fingerprint density at radius 1 is 1.35 bits per heavy atom. The Hall–Kier alpha value is -2.06. The van der Waals surface area contributed by atoms with Crippen LogP contribution >= 0.6 is 11.8 Å². The highest BCUT2D eigenvalue weighted by Crippen LogP contribution is 2.34. The van der Waals surface area contributed by atoms with Crippen molar-refractivity contribution in [3.05, 3.63) is 46.9 Å². The molecule has 1 aliphatic heterocycles. The van der Waals surface area contributed by atoms with Gasteiger partial charge in [-0.15, -0.1) is 12.3 Å². The summed E-state index contributed by atoms with van der Waals surface area (Å²) < 4.78 is 5.05. The van der Waals surface area contributed by atoms with E-state index in [1.54, 1.807) is 0 Å². The molecule has 1 aliphatic rings. The highest BCUT2D eigenvalue weighted by molar-refractivity contribution is 7.98. The van der Waals surface area contributed by atoms with Gasteiger partial charge >= 0.3 is 5.97 Å². The maximum absolute atomic E-state index is 11.4. The van der Waals surface area contributed by atoms with E-state index in [4.69, 9.17) is 11.2 Å². The Kier molecular flexibility index (Phi) is 6.00. The number of thioether (sulfide) groups is 1. The smallest absolute Gasteiger partial charge is 0.377 e. The number of rotatable bonds is 7. The number of hydrogen-bond acceptors (Lipinski definition) is 5. The van der Waals surface area contributed by atoms with Crippen LogP contribution in [0.5, 0.6) is 0 Å². The van der Waals surface area contributed by atoms with Gasteiger partial charge in [0.1, 0.15) is 0 Å². The third-order valence-electron chi connectivity index (χ3n) is 3.67. The molecule has 1 heterocycles. The Morgan fingerprint density at radius 3 is 2.57 bits per heavy atom. The maximum atomic E-state index is 11.4. The molecule has 0 radical (unpaired) electrons. The molecular weight excluding hydrogens is 312 g/mol. The molecule has 0 spiro atoms. The van der Waals surface area contributed by atoms with E-state index < -0.39 is 23.6 Å². The Balaban J connectivity index is 2.16. The lowest BCUT2D eigenvalue weighted by Gasteiger charge is -2.21. The second-order valence-electron chi connectivity index (χ2n) is 5.37. The summed E-state index contributed by atoms with van der Waals surface area (Å²) in [4.78, 5) is 11.4. The number of ether oxygens (including phenoxy) is 1. The highest BCUT2D eigenvalue weighted by atomic mass is 32.2. The van der Waals surface area contributed by atoms with Crippen molar-refractivity contribution in [2.45, 2.75) is 37.5 Å².